The van der Waals surface area contributed by atoms with Gasteiger partial charge < -0.3 is 24.2 Å². The molecule has 3 aliphatic carbocycles. The Bertz CT molecular complexity index is 1820. The molecule has 2 aromatic rings. The fourth-order valence-corrected chi connectivity index (χ4v) is 11.6. The molecule has 0 spiro atoms. The van der Waals surface area contributed by atoms with Gasteiger partial charge in [-0.3, -0.25) is 4.79 Å². The number of benzene rings is 2. The topological polar surface area (TPSA) is 68.2 Å². The van der Waals surface area contributed by atoms with E-state index in [9.17, 15) is 44.3 Å². The van der Waals surface area contributed by atoms with Gasteiger partial charge in [-0.25, -0.2) is 8.78 Å². The number of aliphatic hydroxyl groups is 1. The predicted octanol–water partition coefficient (Wildman–Crippen LogP) is 13.6. The maximum Gasteiger partial charge on any atom is 0.435 e. The van der Waals surface area contributed by atoms with Gasteiger partial charge in [0.05, 0.1) is 12.7 Å². The van der Waals surface area contributed by atoms with Crippen molar-refractivity contribution in [2.24, 2.45) is 17.3 Å². The lowest BCUT2D eigenvalue weighted by Gasteiger charge is -2.50. The highest BCUT2D eigenvalue weighted by Crippen LogP contribution is 2.62. The highest BCUT2D eigenvalue weighted by molar-refractivity contribution is 8.13. The molecule has 0 aromatic heterocycles. The first kappa shape index (κ1) is 55.3. The molecule has 0 aliphatic heterocycles. The Balaban J connectivity index is 1.02. The van der Waals surface area contributed by atoms with E-state index in [1.807, 2.05) is 30.1 Å². The average Bonchev–Trinajstić information content (AvgIpc) is 3.58. The van der Waals surface area contributed by atoms with Gasteiger partial charge in [0.25, 0.3) is 0 Å². The molecule has 1 N–H and O–H groups in total. The van der Waals surface area contributed by atoms with Crippen molar-refractivity contribution in [3.05, 3.63) is 64.2 Å². The zero-order chi connectivity index (χ0) is 49.0. The SMILES string of the molecule is CN(CCCCCCSC(=O)CCCCCCCCO)Cc1c(F)cc(COc2ccc3c(c2)CCC2C3CC[C@@]3(C)C2CC[C@@H]3OCCCOC(C(F)(F)F)(C(F)(F)F)C(F)(F)F)cc1F. The molecular formula is C49H66F11NO5S. The van der Waals surface area contributed by atoms with E-state index in [0.717, 1.165) is 108 Å². The third-order valence-corrected chi connectivity index (χ3v) is 15.3. The van der Waals surface area contributed by atoms with Crippen LogP contribution in [0.15, 0.2) is 30.3 Å². The van der Waals surface area contributed by atoms with Crippen LogP contribution < -0.4 is 4.74 Å². The molecule has 0 heterocycles. The van der Waals surface area contributed by atoms with Crippen molar-refractivity contribution >= 4 is 16.9 Å². The molecule has 6 nitrogen and oxygen atoms in total. The van der Waals surface area contributed by atoms with Crippen molar-refractivity contribution in [1.29, 1.82) is 0 Å². The molecule has 67 heavy (non-hydrogen) atoms. The molecule has 2 fully saturated rings. The summed E-state index contributed by atoms with van der Waals surface area (Å²) in [6, 6.07) is 8.46. The van der Waals surface area contributed by atoms with Crippen LogP contribution in [-0.2, 0) is 33.8 Å². The van der Waals surface area contributed by atoms with Gasteiger partial charge in [0, 0.05) is 37.5 Å². The zero-order valence-corrected chi connectivity index (χ0v) is 39.3. The van der Waals surface area contributed by atoms with E-state index in [4.69, 9.17) is 14.6 Å². The second-order valence-electron chi connectivity index (χ2n) is 18.9. The molecule has 0 bridgehead atoms. The van der Waals surface area contributed by atoms with E-state index >= 15 is 8.78 Å². The fraction of sp³-hybridized carbons (Fsp3) is 0.735. The predicted molar refractivity (Wildman–Crippen MR) is 235 cm³/mol. The van der Waals surface area contributed by atoms with Crippen molar-refractivity contribution in [2.75, 3.05) is 39.2 Å². The van der Waals surface area contributed by atoms with Crippen LogP contribution in [0.3, 0.4) is 0 Å². The van der Waals surface area contributed by atoms with Crippen LogP contribution in [-0.4, -0.2) is 84.5 Å². The number of ether oxygens (including phenoxy) is 3. The monoisotopic (exact) mass is 989 g/mol. The molecular weight excluding hydrogens is 924 g/mol. The Kier molecular flexibility index (Phi) is 20.2. The highest BCUT2D eigenvalue weighted by Gasteiger charge is 2.85. The fourth-order valence-electron chi connectivity index (χ4n) is 10.7. The van der Waals surface area contributed by atoms with Crippen LogP contribution in [0.25, 0.3) is 0 Å². The number of hydrogen-bond donors (Lipinski definition) is 1. The second-order valence-corrected chi connectivity index (χ2v) is 20.1. The Morgan fingerprint density at radius 2 is 1.43 bits per heavy atom. The van der Waals surface area contributed by atoms with Crippen molar-refractivity contribution in [3.8, 4) is 5.75 Å². The van der Waals surface area contributed by atoms with E-state index in [-0.39, 0.29) is 66.3 Å². The first-order chi connectivity index (χ1) is 31.6. The number of nitrogens with zero attached hydrogens (tertiary/aromatic N) is 1. The van der Waals surface area contributed by atoms with E-state index in [1.165, 1.54) is 29.5 Å². The Labute approximate surface area is 391 Å². The number of halogens is 11. The summed E-state index contributed by atoms with van der Waals surface area (Å²) in [7, 11) is 1.83. The normalized spacial score (nSPS) is 22.2. The van der Waals surface area contributed by atoms with Crippen LogP contribution in [0, 0.1) is 28.9 Å². The lowest BCUT2D eigenvalue weighted by atomic mass is 9.55. The van der Waals surface area contributed by atoms with Gasteiger partial charge in [-0.1, -0.05) is 63.3 Å². The van der Waals surface area contributed by atoms with Crippen LogP contribution in [0.5, 0.6) is 5.75 Å². The van der Waals surface area contributed by atoms with Gasteiger partial charge in [0.1, 0.15) is 24.0 Å². The Morgan fingerprint density at radius 3 is 2.10 bits per heavy atom. The van der Waals surface area contributed by atoms with Gasteiger partial charge >= 0.3 is 24.1 Å². The number of unbranched alkanes of at least 4 members (excludes halogenated alkanes) is 8. The van der Waals surface area contributed by atoms with Gasteiger partial charge in [-0.2, -0.15) is 39.5 Å². The summed E-state index contributed by atoms with van der Waals surface area (Å²) in [5, 5.41) is 9.07. The van der Waals surface area contributed by atoms with Crippen LogP contribution in [0.4, 0.5) is 48.3 Å². The van der Waals surface area contributed by atoms with Crippen LogP contribution in [0.2, 0.25) is 0 Å². The summed E-state index contributed by atoms with van der Waals surface area (Å²) < 4.78 is 165. The van der Waals surface area contributed by atoms with Gasteiger partial charge in [0.15, 0.2) is 5.12 Å². The molecule has 5 atom stereocenters. The maximum atomic E-state index is 15.2. The first-order valence-electron chi connectivity index (χ1n) is 23.8. The number of fused-ring (bicyclic) bond motifs is 5. The quantitative estimate of drug-likeness (QED) is 0.0744. The summed E-state index contributed by atoms with van der Waals surface area (Å²) in [5.74, 6) is 0.837. The van der Waals surface area contributed by atoms with Crippen molar-refractivity contribution in [2.45, 2.75) is 172 Å². The van der Waals surface area contributed by atoms with Crippen LogP contribution >= 0.6 is 11.8 Å². The minimum Gasteiger partial charge on any atom is -0.489 e. The highest BCUT2D eigenvalue weighted by atomic mass is 32.2. The minimum absolute atomic E-state index is 0.00210. The maximum absolute atomic E-state index is 15.2. The van der Waals surface area contributed by atoms with Gasteiger partial charge in [-0.05, 0) is 148 Å². The Morgan fingerprint density at radius 1 is 0.791 bits per heavy atom. The summed E-state index contributed by atoms with van der Waals surface area (Å²) >= 11 is 1.40. The molecule has 0 amide bonds. The van der Waals surface area contributed by atoms with Gasteiger partial charge in [-0.15, -0.1) is 0 Å². The minimum atomic E-state index is -6.77. The second kappa shape index (κ2) is 24.4. The number of alkyl halides is 9. The first-order valence-corrected chi connectivity index (χ1v) is 24.7. The van der Waals surface area contributed by atoms with Crippen molar-refractivity contribution in [1.82, 2.24) is 4.90 Å². The largest absolute Gasteiger partial charge is 0.489 e. The smallest absolute Gasteiger partial charge is 0.435 e. The molecule has 3 unspecified atom stereocenters. The number of aryl methyl sites for hydroxylation is 1. The van der Waals surface area contributed by atoms with E-state index in [0.29, 0.717) is 30.7 Å². The molecule has 380 valence electrons. The Hall–Kier alpha value is -2.67. The molecule has 18 heteroatoms. The summed E-state index contributed by atoms with van der Waals surface area (Å²) in [6.07, 6.45) is -6.36. The number of aliphatic hydroxyl groups excluding tert-OH is 1. The summed E-state index contributed by atoms with van der Waals surface area (Å²) in [6.45, 7) is 1.25. The van der Waals surface area contributed by atoms with Crippen molar-refractivity contribution < 1.29 is 72.4 Å². The molecule has 2 aromatic carbocycles. The third kappa shape index (κ3) is 14.0. The molecule has 2 saturated carbocycles. The lowest BCUT2D eigenvalue weighted by molar-refractivity contribution is -0.457. The van der Waals surface area contributed by atoms with E-state index in [1.54, 1.807) is 0 Å². The number of rotatable bonds is 26. The number of hydrogen-bond acceptors (Lipinski definition) is 7. The zero-order valence-electron chi connectivity index (χ0n) is 38.5. The summed E-state index contributed by atoms with van der Waals surface area (Å²) in [5.41, 5.74) is -3.96. The van der Waals surface area contributed by atoms with E-state index < -0.39 is 48.8 Å². The lowest BCUT2D eigenvalue weighted by Crippen LogP contribution is -2.67. The van der Waals surface area contributed by atoms with Crippen LogP contribution in [0.1, 0.15) is 144 Å². The molecule has 0 saturated heterocycles. The van der Waals surface area contributed by atoms with Crippen molar-refractivity contribution in [3.63, 3.8) is 0 Å². The van der Waals surface area contributed by atoms with Gasteiger partial charge in [0.2, 0.25) is 0 Å². The standard InChI is InChI=1S/C49H66F11NO5S/c1-45-22-21-37-36-18-16-35(30-34(36)15-17-38(37)40(45)19-20-43(45)64-25-13-26-66-46(47(52,53)54,48(55,56)57)49(58,59)60)65-32-33-28-41(50)39(42(51)29-33)31-61(2)23-10-6-8-12-27-67-44(63)14-9-5-3-4-7-11-24-62/h16,18,28-30,37-38,40,43,62H,3-15,17,19-27,31-32H2,1-2H3/t37?,38?,40?,43-,45-/m0/s1. The number of carbonyl (C=O) groups excluding carboxylic acids is 1. The average molecular weight is 990 g/mol. The third-order valence-electron chi connectivity index (χ3n) is 14.3. The number of carbonyl (C=O) groups is 1. The number of thioether (sulfide) groups is 1. The molecule has 3 aliphatic rings. The molecule has 0 radical (unpaired) electrons. The summed E-state index contributed by atoms with van der Waals surface area (Å²) in [4.78, 5) is 14.0. The molecule has 5 rings (SSSR count). The van der Waals surface area contributed by atoms with E-state index in [2.05, 4.69) is 11.7 Å².